The Morgan fingerprint density at radius 2 is 1.90 bits per heavy atom. The van der Waals surface area contributed by atoms with Gasteiger partial charge in [0.1, 0.15) is 5.75 Å². The van der Waals surface area contributed by atoms with Gasteiger partial charge in [-0.2, -0.15) is 0 Å². The molecule has 2 amide bonds. The molecule has 29 heavy (non-hydrogen) atoms. The van der Waals surface area contributed by atoms with E-state index in [1.165, 1.54) is 0 Å². The van der Waals surface area contributed by atoms with Crippen molar-refractivity contribution >= 4 is 23.1 Å². The van der Waals surface area contributed by atoms with Crippen molar-refractivity contribution in [2.75, 3.05) is 31.1 Å². The second-order valence-corrected chi connectivity index (χ2v) is 8.35. The van der Waals surface area contributed by atoms with E-state index in [4.69, 9.17) is 4.74 Å². The smallest absolute Gasteiger partial charge is 0.241 e. The molecule has 0 fully saturated rings. The minimum absolute atomic E-state index is 0.0247. The number of likely N-dealkylation sites (N-methyl/N-ethyl adjacent to an activating group) is 1. The molecule has 0 saturated carbocycles. The third-order valence-electron chi connectivity index (χ3n) is 4.96. The summed E-state index contributed by atoms with van der Waals surface area (Å²) < 4.78 is 5.64. The van der Waals surface area contributed by atoms with Crippen LogP contribution in [0, 0.1) is 0 Å². The molecule has 1 heterocycles. The zero-order chi connectivity index (χ0) is 21.8. The van der Waals surface area contributed by atoms with Crippen LogP contribution in [-0.2, 0) is 9.59 Å². The van der Waals surface area contributed by atoms with Gasteiger partial charge in [0.15, 0.2) is 0 Å². The number of hydrogen-bond donors (Lipinski definition) is 1. The summed E-state index contributed by atoms with van der Waals surface area (Å²) in [4.78, 5) is 29.2. The maximum atomic E-state index is 13.4. The molecule has 0 atom stereocenters. The molecular weight excluding hydrogens is 366 g/mol. The number of carbonyl (C=O) groups excluding carboxylic acids is 2. The van der Waals surface area contributed by atoms with E-state index in [0.717, 1.165) is 22.6 Å². The Bertz CT molecular complexity index is 784. The first-order valence-electron chi connectivity index (χ1n) is 10.4. The van der Waals surface area contributed by atoms with Crippen LogP contribution < -0.4 is 15.0 Å². The maximum Gasteiger partial charge on any atom is 0.241 e. The lowest BCUT2D eigenvalue weighted by Crippen LogP contribution is -2.53. The van der Waals surface area contributed by atoms with Gasteiger partial charge in [0, 0.05) is 11.6 Å². The van der Waals surface area contributed by atoms with Crippen LogP contribution >= 0.6 is 0 Å². The lowest BCUT2D eigenvalue weighted by atomic mass is 9.88. The fourth-order valence-corrected chi connectivity index (χ4v) is 3.83. The Morgan fingerprint density at radius 1 is 1.21 bits per heavy atom. The van der Waals surface area contributed by atoms with Crippen LogP contribution in [0.2, 0.25) is 0 Å². The number of benzene rings is 1. The van der Waals surface area contributed by atoms with Crippen LogP contribution in [0.5, 0.6) is 5.75 Å². The number of amides is 2. The van der Waals surface area contributed by atoms with E-state index in [1.807, 2.05) is 69.5 Å². The van der Waals surface area contributed by atoms with Crippen LogP contribution in [0.25, 0.3) is 5.57 Å². The van der Waals surface area contributed by atoms with Crippen molar-refractivity contribution in [2.45, 2.75) is 60.0 Å². The average Bonchev–Trinajstić information content (AvgIpc) is 2.60. The predicted octanol–water partition coefficient (Wildman–Crippen LogP) is 3.46. The van der Waals surface area contributed by atoms with Gasteiger partial charge in [-0.3, -0.25) is 14.5 Å². The standard InChI is InChI=1S/C23H35N3O3/c1-8-25(14-21(27)24-16(3)4)15-22(28)26-20-11-10-18(29-9-2)12-19(20)17(5)13-23(26,6)7/h10-13,16H,8-9,14-15H2,1-7H3,(H,24,27). The topological polar surface area (TPSA) is 61.9 Å². The van der Waals surface area contributed by atoms with E-state index >= 15 is 0 Å². The zero-order valence-electron chi connectivity index (χ0n) is 18.8. The van der Waals surface area contributed by atoms with E-state index in [-0.39, 0.29) is 30.9 Å². The Hall–Kier alpha value is -2.34. The molecule has 1 aliphatic rings. The summed E-state index contributed by atoms with van der Waals surface area (Å²) in [7, 11) is 0. The van der Waals surface area contributed by atoms with Gasteiger partial charge in [-0.05, 0) is 71.9 Å². The predicted molar refractivity (Wildman–Crippen MR) is 118 cm³/mol. The molecule has 0 aliphatic carbocycles. The number of rotatable bonds is 8. The first-order valence-corrected chi connectivity index (χ1v) is 10.4. The Morgan fingerprint density at radius 3 is 2.48 bits per heavy atom. The minimum atomic E-state index is -0.457. The van der Waals surface area contributed by atoms with Gasteiger partial charge in [-0.25, -0.2) is 0 Å². The molecule has 2 rings (SSSR count). The third kappa shape index (κ3) is 5.60. The number of nitrogens with zero attached hydrogens (tertiary/aromatic N) is 2. The Labute approximate surface area is 174 Å². The van der Waals surface area contributed by atoms with Crippen LogP contribution in [0.15, 0.2) is 24.3 Å². The molecular formula is C23H35N3O3. The first kappa shape index (κ1) is 22.9. The lowest BCUT2D eigenvalue weighted by Gasteiger charge is -2.42. The van der Waals surface area contributed by atoms with E-state index in [9.17, 15) is 9.59 Å². The van der Waals surface area contributed by atoms with Crippen molar-refractivity contribution in [2.24, 2.45) is 0 Å². The summed E-state index contributed by atoms with van der Waals surface area (Å²) in [5.74, 6) is 0.708. The zero-order valence-corrected chi connectivity index (χ0v) is 18.8. The maximum absolute atomic E-state index is 13.4. The van der Waals surface area contributed by atoms with Gasteiger partial charge in [-0.1, -0.05) is 13.0 Å². The van der Waals surface area contributed by atoms with Gasteiger partial charge < -0.3 is 15.0 Å². The molecule has 0 radical (unpaired) electrons. The highest BCUT2D eigenvalue weighted by molar-refractivity contribution is 6.01. The first-order chi connectivity index (χ1) is 13.6. The molecule has 1 aliphatic heterocycles. The quantitative estimate of drug-likeness (QED) is 0.725. The third-order valence-corrected chi connectivity index (χ3v) is 4.96. The Balaban J connectivity index is 2.27. The molecule has 160 valence electrons. The molecule has 1 N–H and O–H groups in total. The summed E-state index contributed by atoms with van der Waals surface area (Å²) >= 11 is 0. The van der Waals surface area contributed by atoms with E-state index in [2.05, 4.69) is 18.3 Å². The van der Waals surface area contributed by atoms with Crippen molar-refractivity contribution in [1.29, 1.82) is 0 Å². The van der Waals surface area contributed by atoms with Gasteiger partial charge in [0.25, 0.3) is 0 Å². The normalized spacial score (nSPS) is 15.2. The van der Waals surface area contributed by atoms with Gasteiger partial charge in [0.05, 0.1) is 30.9 Å². The molecule has 0 bridgehead atoms. The van der Waals surface area contributed by atoms with Crippen molar-refractivity contribution in [3.8, 4) is 5.75 Å². The van der Waals surface area contributed by atoms with E-state index in [0.29, 0.717) is 13.2 Å². The molecule has 6 heteroatoms. The molecule has 0 spiro atoms. The van der Waals surface area contributed by atoms with Crippen molar-refractivity contribution < 1.29 is 14.3 Å². The summed E-state index contributed by atoms with van der Waals surface area (Å²) in [5, 5.41) is 2.89. The number of nitrogens with one attached hydrogen (secondary N) is 1. The second-order valence-electron chi connectivity index (χ2n) is 8.35. The average molecular weight is 402 g/mol. The number of anilines is 1. The minimum Gasteiger partial charge on any atom is -0.494 e. The summed E-state index contributed by atoms with van der Waals surface area (Å²) in [5.41, 5.74) is 2.55. The van der Waals surface area contributed by atoms with Crippen molar-refractivity contribution in [3.05, 3.63) is 29.8 Å². The van der Waals surface area contributed by atoms with Gasteiger partial charge >= 0.3 is 0 Å². The van der Waals surface area contributed by atoms with E-state index in [1.54, 1.807) is 0 Å². The second kappa shape index (κ2) is 9.44. The SMILES string of the molecule is CCOc1ccc2c(c1)C(C)=CC(C)(C)N2C(=O)CN(CC)CC(=O)NC(C)C. The number of allylic oxidation sites excluding steroid dienone is 1. The molecule has 1 aromatic rings. The van der Waals surface area contributed by atoms with Crippen molar-refractivity contribution in [3.63, 3.8) is 0 Å². The number of carbonyl (C=O) groups is 2. The van der Waals surface area contributed by atoms with Crippen molar-refractivity contribution in [1.82, 2.24) is 10.2 Å². The Kier molecular flexibility index (Phi) is 7.47. The molecule has 0 aromatic heterocycles. The van der Waals surface area contributed by atoms with Crippen LogP contribution in [0.1, 0.15) is 54.0 Å². The highest BCUT2D eigenvalue weighted by Gasteiger charge is 2.36. The molecule has 1 aromatic carbocycles. The largest absolute Gasteiger partial charge is 0.494 e. The summed E-state index contributed by atoms with van der Waals surface area (Å²) in [6.45, 7) is 15.5. The molecule has 0 unspecified atom stereocenters. The molecule has 0 saturated heterocycles. The molecule has 6 nitrogen and oxygen atoms in total. The lowest BCUT2D eigenvalue weighted by molar-refractivity contribution is -0.124. The fourth-order valence-electron chi connectivity index (χ4n) is 3.83. The van der Waals surface area contributed by atoms with Gasteiger partial charge in [-0.15, -0.1) is 0 Å². The monoisotopic (exact) mass is 401 g/mol. The van der Waals surface area contributed by atoms with Gasteiger partial charge in [0.2, 0.25) is 11.8 Å². The summed E-state index contributed by atoms with van der Waals surface area (Å²) in [6, 6.07) is 5.94. The van der Waals surface area contributed by atoms with Crippen LogP contribution in [0.3, 0.4) is 0 Å². The van der Waals surface area contributed by atoms with E-state index < -0.39 is 5.54 Å². The highest BCUT2D eigenvalue weighted by atomic mass is 16.5. The fraction of sp³-hybridized carbons (Fsp3) is 0.565. The van der Waals surface area contributed by atoms with Crippen LogP contribution in [0.4, 0.5) is 5.69 Å². The van der Waals surface area contributed by atoms with Crippen LogP contribution in [-0.4, -0.2) is 54.5 Å². The summed E-state index contributed by atoms with van der Waals surface area (Å²) in [6.07, 6.45) is 2.12. The number of hydrogen-bond acceptors (Lipinski definition) is 4. The highest BCUT2D eigenvalue weighted by Crippen LogP contribution is 2.40. The number of fused-ring (bicyclic) bond motifs is 1. The number of ether oxygens (including phenoxy) is 1.